The molecule has 1 aromatic heterocycles. The quantitative estimate of drug-likeness (QED) is 0.805. The van der Waals surface area contributed by atoms with Crippen molar-refractivity contribution in [2.45, 2.75) is 32.2 Å². The summed E-state index contributed by atoms with van der Waals surface area (Å²) in [6.07, 6.45) is 0.946. The van der Waals surface area contributed by atoms with Gasteiger partial charge >= 0.3 is 0 Å². The maximum absolute atomic E-state index is 10.2. The number of benzene rings is 1. The van der Waals surface area contributed by atoms with Crippen LogP contribution in [0.2, 0.25) is 5.15 Å². The Morgan fingerprint density at radius 3 is 2.80 bits per heavy atom. The average Bonchev–Trinajstić information content (AvgIpc) is 2.72. The molecule has 0 spiro atoms. The second-order valence-corrected chi connectivity index (χ2v) is 5.80. The number of aryl methyl sites for hydroxylation is 1. The van der Waals surface area contributed by atoms with Crippen molar-refractivity contribution in [2.24, 2.45) is 0 Å². The number of pyridine rings is 1. The molecule has 0 amide bonds. The molecule has 0 bridgehead atoms. The van der Waals surface area contributed by atoms with Gasteiger partial charge < -0.3 is 10.4 Å². The van der Waals surface area contributed by atoms with Crippen LogP contribution in [0, 0.1) is 6.92 Å². The third-order valence-electron chi connectivity index (χ3n) is 3.95. The van der Waals surface area contributed by atoms with Crippen LogP contribution in [0.5, 0.6) is 5.75 Å². The SMILES string of the molecule is Cc1ccc(O)c2c1C(C)CC2Nc1cccc(Cl)n1. The number of halogens is 1. The molecular weight excluding hydrogens is 272 g/mol. The molecule has 104 valence electrons. The Balaban J connectivity index is 1.97. The summed E-state index contributed by atoms with van der Waals surface area (Å²) in [5.41, 5.74) is 3.48. The number of phenolic OH excluding ortho intramolecular Hbond substituents is 1. The van der Waals surface area contributed by atoms with Gasteiger partial charge in [-0.05, 0) is 48.6 Å². The summed E-state index contributed by atoms with van der Waals surface area (Å²) in [4.78, 5) is 4.26. The van der Waals surface area contributed by atoms with Gasteiger partial charge in [0.05, 0.1) is 6.04 Å². The Morgan fingerprint density at radius 2 is 2.05 bits per heavy atom. The van der Waals surface area contributed by atoms with Crippen molar-refractivity contribution in [3.8, 4) is 5.75 Å². The number of hydrogen-bond acceptors (Lipinski definition) is 3. The number of phenols is 1. The van der Waals surface area contributed by atoms with Crippen LogP contribution in [0.25, 0.3) is 0 Å². The van der Waals surface area contributed by atoms with Gasteiger partial charge in [-0.15, -0.1) is 0 Å². The first-order valence-corrected chi connectivity index (χ1v) is 7.15. The van der Waals surface area contributed by atoms with Gasteiger partial charge in [0, 0.05) is 5.56 Å². The van der Waals surface area contributed by atoms with Crippen molar-refractivity contribution in [2.75, 3.05) is 5.32 Å². The van der Waals surface area contributed by atoms with Crippen molar-refractivity contribution in [3.05, 3.63) is 52.2 Å². The van der Waals surface area contributed by atoms with E-state index in [1.165, 1.54) is 11.1 Å². The lowest BCUT2D eigenvalue weighted by atomic mass is 9.97. The second-order valence-electron chi connectivity index (χ2n) is 5.41. The van der Waals surface area contributed by atoms with Gasteiger partial charge in [0.1, 0.15) is 16.7 Å². The zero-order valence-corrected chi connectivity index (χ0v) is 12.3. The maximum atomic E-state index is 10.2. The Morgan fingerprint density at radius 1 is 1.25 bits per heavy atom. The number of rotatable bonds is 2. The molecule has 2 unspecified atom stereocenters. The molecule has 0 radical (unpaired) electrons. The van der Waals surface area contributed by atoms with Crippen LogP contribution in [0.3, 0.4) is 0 Å². The summed E-state index contributed by atoms with van der Waals surface area (Å²) in [5.74, 6) is 1.52. The van der Waals surface area contributed by atoms with E-state index in [0.717, 1.165) is 17.8 Å². The normalized spacial score (nSPS) is 20.8. The van der Waals surface area contributed by atoms with E-state index in [9.17, 15) is 5.11 Å². The topological polar surface area (TPSA) is 45.1 Å². The molecule has 0 saturated carbocycles. The van der Waals surface area contributed by atoms with Gasteiger partial charge in [-0.3, -0.25) is 0 Å². The molecule has 0 saturated heterocycles. The molecule has 3 rings (SSSR count). The summed E-state index contributed by atoms with van der Waals surface area (Å²) in [6.45, 7) is 4.28. The van der Waals surface area contributed by atoms with E-state index in [4.69, 9.17) is 11.6 Å². The molecule has 3 nitrogen and oxygen atoms in total. The first-order valence-electron chi connectivity index (χ1n) is 6.77. The predicted octanol–water partition coefficient (Wildman–Crippen LogP) is 4.41. The van der Waals surface area contributed by atoms with E-state index in [0.29, 0.717) is 16.8 Å². The number of nitrogens with one attached hydrogen (secondary N) is 1. The lowest BCUT2D eigenvalue weighted by Crippen LogP contribution is -2.08. The van der Waals surface area contributed by atoms with Gasteiger partial charge in [-0.25, -0.2) is 4.98 Å². The van der Waals surface area contributed by atoms with E-state index in [-0.39, 0.29) is 6.04 Å². The molecule has 0 fully saturated rings. The highest BCUT2D eigenvalue weighted by atomic mass is 35.5. The van der Waals surface area contributed by atoms with E-state index >= 15 is 0 Å². The van der Waals surface area contributed by atoms with Crippen LogP contribution >= 0.6 is 11.6 Å². The average molecular weight is 289 g/mol. The summed E-state index contributed by atoms with van der Waals surface area (Å²) < 4.78 is 0. The van der Waals surface area contributed by atoms with Gasteiger partial charge in [0.15, 0.2) is 0 Å². The van der Waals surface area contributed by atoms with Crippen LogP contribution in [-0.4, -0.2) is 10.1 Å². The number of aromatic nitrogens is 1. The van der Waals surface area contributed by atoms with Crippen molar-refractivity contribution < 1.29 is 5.11 Å². The van der Waals surface area contributed by atoms with Crippen molar-refractivity contribution in [3.63, 3.8) is 0 Å². The van der Waals surface area contributed by atoms with Crippen LogP contribution in [0.1, 0.15) is 42.0 Å². The molecule has 1 heterocycles. The van der Waals surface area contributed by atoms with Crippen LogP contribution in [0.4, 0.5) is 5.82 Å². The minimum atomic E-state index is 0.0749. The smallest absolute Gasteiger partial charge is 0.131 e. The highest BCUT2D eigenvalue weighted by molar-refractivity contribution is 6.29. The number of hydrogen-bond donors (Lipinski definition) is 2. The fraction of sp³-hybridized carbons (Fsp3) is 0.312. The third kappa shape index (κ3) is 2.22. The predicted molar refractivity (Wildman–Crippen MR) is 81.5 cm³/mol. The van der Waals surface area contributed by atoms with Gasteiger partial charge in [-0.2, -0.15) is 0 Å². The maximum Gasteiger partial charge on any atom is 0.131 e. The standard InChI is InChI=1S/C16H17ClN2O/c1-9-6-7-12(20)16-11(8-10(2)15(9)16)18-14-5-3-4-13(17)19-14/h3-7,10-11,20H,8H2,1-2H3,(H,18,19). The molecule has 0 aliphatic heterocycles. The minimum Gasteiger partial charge on any atom is -0.508 e. The van der Waals surface area contributed by atoms with Gasteiger partial charge in [-0.1, -0.05) is 30.7 Å². The second kappa shape index (κ2) is 4.98. The molecule has 20 heavy (non-hydrogen) atoms. The Kier molecular flexibility index (Phi) is 3.30. The number of anilines is 1. The zero-order valence-electron chi connectivity index (χ0n) is 11.5. The molecule has 1 aliphatic rings. The monoisotopic (exact) mass is 288 g/mol. The summed E-state index contributed by atoms with van der Waals surface area (Å²) in [5, 5.41) is 14.0. The summed E-state index contributed by atoms with van der Waals surface area (Å²) in [6, 6.07) is 9.33. The van der Waals surface area contributed by atoms with Crippen molar-refractivity contribution in [1.82, 2.24) is 4.98 Å². The van der Waals surface area contributed by atoms with Crippen LogP contribution in [0.15, 0.2) is 30.3 Å². The molecule has 4 heteroatoms. The van der Waals surface area contributed by atoms with Crippen LogP contribution in [-0.2, 0) is 0 Å². The summed E-state index contributed by atoms with van der Waals surface area (Å²) in [7, 11) is 0. The van der Waals surface area contributed by atoms with E-state index < -0.39 is 0 Å². The Labute approximate surface area is 123 Å². The molecule has 1 aliphatic carbocycles. The lowest BCUT2D eigenvalue weighted by Gasteiger charge is -2.16. The van der Waals surface area contributed by atoms with E-state index in [1.54, 1.807) is 12.1 Å². The third-order valence-corrected chi connectivity index (χ3v) is 4.16. The Hall–Kier alpha value is -1.74. The molecule has 2 N–H and O–H groups in total. The molecule has 2 atom stereocenters. The van der Waals surface area contributed by atoms with Crippen LogP contribution < -0.4 is 5.32 Å². The number of aromatic hydroxyl groups is 1. The van der Waals surface area contributed by atoms with Crippen molar-refractivity contribution >= 4 is 17.4 Å². The van der Waals surface area contributed by atoms with Crippen molar-refractivity contribution in [1.29, 1.82) is 0 Å². The molecule has 1 aromatic carbocycles. The highest BCUT2D eigenvalue weighted by Crippen LogP contribution is 2.47. The lowest BCUT2D eigenvalue weighted by molar-refractivity contribution is 0.465. The molecule has 2 aromatic rings. The minimum absolute atomic E-state index is 0.0749. The fourth-order valence-electron chi connectivity index (χ4n) is 3.14. The van der Waals surface area contributed by atoms with E-state index in [1.807, 2.05) is 18.2 Å². The largest absolute Gasteiger partial charge is 0.508 e. The highest BCUT2D eigenvalue weighted by Gasteiger charge is 2.32. The molecular formula is C16H17ClN2O. The number of fused-ring (bicyclic) bond motifs is 1. The Bertz CT molecular complexity index is 657. The van der Waals surface area contributed by atoms with Gasteiger partial charge in [0.2, 0.25) is 0 Å². The fourth-order valence-corrected chi connectivity index (χ4v) is 3.31. The first kappa shape index (κ1) is 13.3. The van der Waals surface area contributed by atoms with Gasteiger partial charge in [0.25, 0.3) is 0 Å². The number of nitrogens with zero attached hydrogens (tertiary/aromatic N) is 1. The van der Waals surface area contributed by atoms with E-state index in [2.05, 4.69) is 24.1 Å². The first-order chi connectivity index (χ1) is 9.56. The summed E-state index contributed by atoms with van der Waals surface area (Å²) >= 11 is 5.92. The zero-order chi connectivity index (χ0) is 14.3.